The summed E-state index contributed by atoms with van der Waals surface area (Å²) in [4.78, 5) is 11.6. The molecule has 1 fully saturated rings. The van der Waals surface area contributed by atoms with Crippen LogP contribution in [-0.4, -0.2) is 52.0 Å². The van der Waals surface area contributed by atoms with E-state index < -0.39 is 0 Å². The molecule has 0 unspecified atom stereocenters. The molecule has 0 spiro atoms. The Morgan fingerprint density at radius 3 is 2.74 bits per heavy atom. The van der Waals surface area contributed by atoms with Gasteiger partial charge in [0.05, 0.1) is 31.7 Å². The van der Waals surface area contributed by atoms with Crippen LogP contribution in [0.4, 0.5) is 5.82 Å². The van der Waals surface area contributed by atoms with Crippen LogP contribution < -0.4 is 4.90 Å². The first-order chi connectivity index (χ1) is 13.3. The molecule has 7 heteroatoms. The van der Waals surface area contributed by atoms with E-state index in [0.717, 1.165) is 60.2 Å². The van der Waals surface area contributed by atoms with Crippen LogP contribution in [0.15, 0.2) is 47.7 Å². The summed E-state index contributed by atoms with van der Waals surface area (Å²) in [6.07, 6.45) is 3.80. The van der Waals surface area contributed by atoms with Crippen molar-refractivity contribution in [3.8, 4) is 11.3 Å². The molecule has 1 aromatic carbocycles. The monoisotopic (exact) mass is 360 g/mol. The molecular formula is C20H20N6O. The minimum atomic E-state index is 0.709. The molecule has 0 atom stereocenters. The van der Waals surface area contributed by atoms with Gasteiger partial charge in [0.2, 0.25) is 0 Å². The van der Waals surface area contributed by atoms with E-state index in [0.29, 0.717) is 6.54 Å². The second kappa shape index (κ2) is 6.59. The van der Waals surface area contributed by atoms with Crippen molar-refractivity contribution in [1.82, 2.24) is 20.0 Å². The van der Waals surface area contributed by atoms with Crippen LogP contribution in [0.25, 0.3) is 11.3 Å². The lowest BCUT2D eigenvalue weighted by atomic mass is 9.97. The zero-order chi connectivity index (χ0) is 18.2. The van der Waals surface area contributed by atoms with Crippen LogP contribution in [0.1, 0.15) is 16.7 Å². The number of morpholine rings is 1. The van der Waals surface area contributed by atoms with Gasteiger partial charge in [0.1, 0.15) is 11.5 Å². The Morgan fingerprint density at radius 2 is 1.93 bits per heavy atom. The minimum Gasteiger partial charge on any atom is -0.378 e. The van der Waals surface area contributed by atoms with Crippen LogP contribution in [0.5, 0.6) is 0 Å². The average Bonchev–Trinajstić information content (AvgIpc) is 3.34. The predicted molar refractivity (Wildman–Crippen MR) is 103 cm³/mol. The Morgan fingerprint density at radius 1 is 1.04 bits per heavy atom. The molecule has 27 heavy (non-hydrogen) atoms. The van der Waals surface area contributed by atoms with Crippen molar-refractivity contribution < 1.29 is 4.74 Å². The van der Waals surface area contributed by atoms with Gasteiger partial charge in [0.25, 0.3) is 0 Å². The molecule has 2 aliphatic rings. The second-order valence-electron chi connectivity index (χ2n) is 6.82. The van der Waals surface area contributed by atoms with Gasteiger partial charge >= 0.3 is 0 Å². The molecule has 3 aromatic rings. The molecule has 0 aliphatic carbocycles. The number of nitrogens with zero attached hydrogens (tertiary/aromatic N) is 6. The molecule has 136 valence electrons. The van der Waals surface area contributed by atoms with E-state index >= 15 is 0 Å². The van der Waals surface area contributed by atoms with Crippen LogP contribution in [0, 0.1) is 0 Å². The lowest BCUT2D eigenvalue weighted by Crippen LogP contribution is -2.36. The van der Waals surface area contributed by atoms with E-state index in [2.05, 4.69) is 44.5 Å². The lowest BCUT2D eigenvalue weighted by molar-refractivity contribution is 0.122. The van der Waals surface area contributed by atoms with Crippen LogP contribution in [0.3, 0.4) is 0 Å². The smallest absolute Gasteiger partial charge is 0.129 e. The number of hydrogen-bond acceptors (Lipinski definition) is 6. The molecule has 0 saturated carbocycles. The van der Waals surface area contributed by atoms with E-state index in [-0.39, 0.29) is 0 Å². The number of fused-ring (bicyclic) bond motifs is 1. The maximum absolute atomic E-state index is 5.45. The number of aliphatic imine (C=N–C) groups is 1. The van der Waals surface area contributed by atoms with Crippen molar-refractivity contribution in [3.05, 3.63) is 59.4 Å². The van der Waals surface area contributed by atoms with Crippen LogP contribution in [-0.2, 0) is 18.3 Å². The lowest BCUT2D eigenvalue weighted by Gasteiger charge is -2.28. The van der Waals surface area contributed by atoms with E-state index in [1.165, 1.54) is 5.56 Å². The van der Waals surface area contributed by atoms with Crippen LogP contribution >= 0.6 is 0 Å². The molecule has 1 saturated heterocycles. The highest BCUT2D eigenvalue weighted by atomic mass is 16.5. The number of benzene rings is 1. The van der Waals surface area contributed by atoms with Gasteiger partial charge in [-0.05, 0) is 23.8 Å². The van der Waals surface area contributed by atoms with Crippen LogP contribution in [0.2, 0.25) is 0 Å². The third-order valence-corrected chi connectivity index (χ3v) is 5.02. The van der Waals surface area contributed by atoms with Crippen molar-refractivity contribution in [3.63, 3.8) is 0 Å². The first-order valence-electron chi connectivity index (χ1n) is 9.11. The summed E-state index contributed by atoms with van der Waals surface area (Å²) in [5.41, 5.74) is 6.45. The first-order valence-corrected chi connectivity index (χ1v) is 9.11. The molecule has 2 aromatic heterocycles. The Bertz CT molecular complexity index is 1020. The van der Waals surface area contributed by atoms with Crippen molar-refractivity contribution in [2.75, 3.05) is 31.2 Å². The average molecular weight is 360 g/mol. The van der Waals surface area contributed by atoms with E-state index in [1.807, 2.05) is 25.5 Å². The Labute approximate surface area is 157 Å². The Balaban J connectivity index is 1.50. The second-order valence-corrected chi connectivity index (χ2v) is 6.82. The van der Waals surface area contributed by atoms with Crippen molar-refractivity contribution in [1.29, 1.82) is 0 Å². The summed E-state index contributed by atoms with van der Waals surface area (Å²) in [6.45, 7) is 3.95. The number of hydrogen-bond donors (Lipinski definition) is 0. The number of ether oxygens (including phenoxy) is 1. The largest absolute Gasteiger partial charge is 0.378 e. The zero-order valence-electron chi connectivity index (χ0n) is 15.2. The van der Waals surface area contributed by atoms with Gasteiger partial charge in [-0.1, -0.05) is 17.3 Å². The third kappa shape index (κ3) is 3.00. The summed E-state index contributed by atoms with van der Waals surface area (Å²) in [5, 5.41) is 8.27. The standard InChI is InChI=1S/C20H20N6O/c1-25-13-18(23-24-25)14-2-3-16-12-22-20(17(16)10-14)15-4-5-21-19(11-15)26-6-8-27-9-7-26/h2-5,10-11,13H,6-9,12H2,1H3. The van der Waals surface area contributed by atoms with Gasteiger partial charge in [-0.25, -0.2) is 4.98 Å². The highest BCUT2D eigenvalue weighted by Gasteiger charge is 2.20. The van der Waals surface area contributed by atoms with E-state index in [9.17, 15) is 0 Å². The summed E-state index contributed by atoms with van der Waals surface area (Å²) in [5.74, 6) is 0.983. The van der Waals surface area contributed by atoms with Gasteiger partial charge in [-0.3, -0.25) is 9.67 Å². The third-order valence-electron chi connectivity index (χ3n) is 5.02. The number of aryl methyl sites for hydroxylation is 1. The van der Waals surface area contributed by atoms with E-state index in [1.54, 1.807) is 4.68 Å². The minimum absolute atomic E-state index is 0.709. The fourth-order valence-electron chi connectivity index (χ4n) is 3.60. The predicted octanol–water partition coefficient (Wildman–Crippen LogP) is 2.06. The normalized spacial score (nSPS) is 16.3. The van der Waals surface area contributed by atoms with Crippen molar-refractivity contribution in [2.45, 2.75) is 6.54 Å². The highest BCUT2D eigenvalue weighted by Crippen LogP contribution is 2.28. The molecule has 0 radical (unpaired) electrons. The SMILES string of the molecule is Cn1cc(-c2ccc3c(c2)C(c2ccnc(N4CCOCC4)c2)=NC3)nn1. The number of anilines is 1. The summed E-state index contributed by atoms with van der Waals surface area (Å²) < 4.78 is 7.17. The number of aromatic nitrogens is 4. The molecule has 0 bridgehead atoms. The van der Waals surface area contributed by atoms with Gasteiger partial charge < -0.3 is 9.64 Å². The molecule has 5 rings (SSSR count). The Hall–Kier alpha value is -3.06. The maximum Gasteiger partial charge on any atom is 0.129 e. The highest BCUT2D eigenvalue weighted by molar-refractivity contribution is 6.15. The fourth-order valence-corrected chi connectivity index (χ4v) is 3.60. The summed E-state index contributed by atoms with van der Waals surface area (Å²) >= 11 is 0. The van der Waals surface area contributed by atoms with Crippen molar-refractivity contribution >= 4 is 11.5 Å². The van der Waals surface area contributed by atoms with Gasteiger partial charge in [0.15, 0.2) is 0 Å². The van der Waals surface area contributed by atoms with Gasteiger partial charge in [-0.15, -0.1) is 5.10 Å². The fraction of sp³-hybridized carbons (Fsp3) is 0.300. The molecule has 0 amide bonds. The maximum atomic E-state index is 5.45. The zero-order valence-corrected chi connectivity index (χ0v) is 15.2. The molecule has 0 N–H and O–H groups in total. The number of pyridine rings is 1. The summed E-state index contributed by atoms with van der Waals surface area (Å²) in [6, 6.07) is 10.6. The molecule has 4 heterocycles. The molecule has 7 nitrogen and oxygen atoms in total. The molecular weight excluding hydrogens is 340 g/mol. The van der Waals surface area contributed by atoms with Crippen molar-refractivity contribution in [2.24, 2.45) is 12.0 Å². The molecule has 2 aliphatic heterocycles. The topological polar surface area (TPSA) is 68.4 Å². The van der Waals surface area contributed by atoms with Gasteiger partial charge in [0, 0.05) is 43.0 Å². The van der Waals surface area contributed by atoms with Gasteiger partial charge in [-0.2, -0.15) is 0 Å². The quantitative estimate of drug-likeness (QED) is 0.715. The Kier molecular flexibility index (Phi) is 3.94. The first kappa shape index (κ1) is 16.1. The number of rotatable bonds is 3. The van der Waals surface area contributed by atoms with E-state index in [4.69, 9.17) is 9.73 Å². The summed E-state index contributed by atoms with van der Waals surface area (Å²) in [7, 11) is 1.88.